The Morgan fingerprint density at radius 1 is 1.25 bits per heavy atom. The van der Waals surface area contributed by atoms with Gasteiger partial charge in [0.1, 0.15) is 0 Å². The van der Waals surface area contributed by atoms with Gasteiger partial charge in [-0.3, -0.25) is 9.89 Å². The molecule has 0 atom stereocenters. The molecule has 0 aromatic carbocycles. The van der Waals surface area contributed by atoms with Crippen molar-refractivity contribution in [1.29, 1.82) is 0 Å². The van der Waals surface area contributed by atoms with Crippen LogP contribution in [0.2, 0.25) is 0 Å². The van der Waals surface area contributed by atoms with Crippen LogP contribution in [0.3, 0.4) is 0 Å². The summed E-state index contributed by atoms with van der Waals surface area (Å²) in [5.41, 5.74) is 1.21. The molecular formula is C13H16N6O. The van der Waals surface area contributed by atoms with Crippen LogP contribution in [0, 0.1) is 6.92 Å². The van der Waals surface area contributed by atoms with Crippen LogP contribution in [-0.4, -0.2) is 29.8 Å². The molecule has 0 aliphatic heterocycles. The third-order valence-corrected chi connectivity index (χ3v) is 2.55. The van der Waals surface area contributed by atoms with E-state index in [4.69, 9.17) is 0 Å². The molecule has 1 N–H and O–H groups in total. The molecule has 0 spiro atoms. The van der Waals surface area contributed by atoms with Crippen molar-refractivity contribution in [3.8, 4) is 11.5 Å². The molecule has 3 aromatic rings. The molecule has 0 aliphatic carbocycles. The summed E-state index contributed by atoms with van der Waals surface area (Å²) in [5, 5.41) is 10.3. The van der Waals surface area contributed by atoms with Crippen LogP contribution < -0.4 is 5.56 Å². The highest BCUT2D eigenvalue weighted by atomic mass is 16.1. The fourth-order valence-corrected chi connectivity index (χ4v) is 1.67. The minimum Gasteiger partial charge on any atom is -0.295 e. The summed E-state index contributed by atoms with van der Waals surface area (Å²) < 4.78 is 2.77. The van der Waals surface area contributed by atoms with E-state index in [2.05, 4.69) is 20.4 Å². The third kappa shape index (κ3) is 2.51. The number of aromatic nitrogens is 6. The molecule has 3 rings (SSSR count). The Kier molecular flexibility index (Phi) is 4.09. The van der Waals surface area contributed by atoms with Gasteiger partial charge in [0.15, 0.2) is 11.5 Å². The zero-order valence-corrected chi connectivity index (χ0v) is 11.6. The van der Waals surface area contributed by atoms with Crippen LogP contribution in [0.5, 0.6) is 0 Å². The van der Waals surface area contributed by atoms with Crippen LogP contribution in [0.4, 0.5) is 0 Å². The van der Waals surface area contributed by atoms with E-state index in [1.807, 2.05) is 32.9 Å². The summed E-state index contributed by atoms with van der Waals surface area (Å²) >= 11 is 0. The second kappa shape index (κ2) is 5.96. The number of nitrogens with zero attached hydrogens (tertiary/aromatic N) is 5. The van der Waals surface area contributed by atoms with E-state index in [1.54, 1.807) is 18.6 Å². The monoisotopic (exact) mass is 272 g/mol. The minimum absolute atomic E-state index is 0.224. The summed E-state index contributed by atoms with van der Waals surface area (Å²) in [6, 6.07) is 3.69. The molecule has 0 amide bonds. The number of pyridine rings is 1. The lowest BCUT2D eigenvalue weighted by Crippen LogP contribution is -2.19. The van der Waals surface area contributed by atoms with Crippen molar-refractivity contribution < 1.29 is 0 Å². The van der Waals surface area contributed by atoms with Gasteiger partial charge in [0.05, 0.1) is 18.6 Å². The Hall–Kier alpha value is -2.70. The molecule has 3 aromatic heterocycles. The Morgan fingerprint density at radius 2 is 2.05 bits per heavy atom. The van der Waals surface area contributed by atoms with E-state index in [0.717, 1.165) is 5.56 Å². The lowest BCUT2D eigenvalue weighted by Gasteiger charge is -2.00. The fraction of sp³-hybridized carbons (Fsp3) is 0.231. The number of aryl methyl sites for hydroxylation is 1. The molecule has 7 heteroatoms. The zero-order chi connectivity index (χ0) is 14.5. The number of rotatable bonds is 2. The summed E-state index contributed by atoms with van der Waals surface area (Å²) in [6.07, 6.45) is 6.36. The van der Waals surface area contributed by atoms with Crippen LogP contribution in [-0.2, 0) is 0 Å². The molecule has 104 valence electrons. The normalized spacial score (nSPS) is 9.95. The van der Waals surface area contributed by atoms with E-state index < -0.39 is 0 Å². The van der Waals surface area contributed by atoms with Crippen molar-refractivity contribution in [2.45, 2.75) is 20.8 Å². The van der Waals surface area contributed by atoms with Crippen molar-refractivity contribution in [3.05, 3.63) is 52.8 Å². The lowest BCUT2D eigenvalue weighted by molar-refractivity contribution is 0.785. The molecule has 0 bridgehead atoms. The maximum atomic E-state index is 12.2. The fourth-order valence-electron chi connectivity index (χ4n) is 1.67. The number of hydrogen-bond donors (Lipinski definition) is 1. The summed E-state index contributed by atoms with van der Waals surface area (Å²) in [4.78, 5) is 16.3. The number of H-pyrrole nitrogens is 1. The third-order valence-electron chi connectivity index (χ3n) is 2.55. The molecule has 0 saturated heterocycles. The first kappa shape index (κ1) is 13.7. The zero-order valence-electron chi connectivity index (χ0n) is 11.6. The minimum atomic E-state index is -0.224. The first-order valence-electron chi connectivity index (χ1n) is 6.36. The second-order valence-corrected chi connectivity index (χ2v) is 3.84. The molecule has 0 aliphatic rings. The van der Waals surface area contributed by atoms with Gasteiger partial charge in [0.25, 0.3) is 5.56 Å². The smallest absolute Gasteiger partial charge is 0.295 e. The Morgan fingerprint density at radius 3 is 2.70 bits per heavy atom. The molecule has 0 fully saturated rings. The number of aromatic amines is 1. The first-order valence-corrected chi connectivity index (χ1v) is 6.36. The maximum Gasteiger partial charge on any atom is 0.298 e. The predicted molar refractivity (Wildman–Crippen MR) is 75.2 cm³/mol. The van der Waals surface area contributed by atoms with Crippen LogP contribution in [0.15, 0.2) is 41.7 Å². The predicted octanol–water partition coefficient (Wildman–Crippen LogP) is 1.48. The van der Waals surface area contributed by atoms with Gasteiger partial charge in [-0.05, 0) is 24.6 Å². The standard InChI is InChI=1S/C11H10N6O.C2H6/c1-8-2-3-12-10(6-8)17-11(18)9(7-14-17)16-5-4-13-15-16;1-2/h2-7,14H,1H3;1-2H3. The molecule has 20 heavy (non-hydrogen) atoms. The topological polar surface area (TPSA) is 81.4 Å². The molecule has 7 nitrogen and oxygen atoms in total. The van der Waals surface area contributed by atoms with Crippen molar-refractivity contribution in [2.24, 2.45) is 0 Å². The van der Waals surface area contributed by atoms with Gasteiger partial charge in [-0.1, -0.05) is 19.1 Å². The van der Waals surface area contributed by atoms with E-state index in [-0.39, 0.29) is 5.56 Å². The van der Waals surface area contributed by atoms with Crippen molar-refractivity contribution >= 4 is 0 Å². The van der Waals surface area contributed by atoms with Crippen LogP contribution in [0.1, 0.15) is 19.4 Å². The molecule has 0 saturated carbocycles. The van der Waals surface area contributed by atoms with Crippen molar-refractivity contribution in [1.82, 2.24) is 29.8 Å². The van der Waals surface area contributed by atoms with Gasteiger partial charge in [-0.25, -0.2) is 9.67 Å². The summed E-state index contributed by atoms with van der Waals surface area (Å²) in [5.74, 6) is 0.548. The molecular weight excluding hydrogens is 256 g/mol. The molecule has 0 radical (unpaired) electrons. The SMILES string of the molecule is CC.Cc1ccnc(-n2[nH]cc(-n3ccnn3)c2=O)c1. The van der Waals surface area contributed by atoms with Crippen molar-refractivity contribution in [2.75, 3.05) is 0 Å². The van der Waals surface area contributed by atoms with Gasteiger partial charge in [-0.2, -0.15) is 4.68 Å². The quantitative estimate of drug-likeness (QED) is 0.766. The Balaban J connectivity index is 0.000000704. The lowest BCUT2D eigenvalue weighted by atomic mass is 10.3. The van der Waals surface area contributed by atoms with Gasteiger partial charge in [0.2, 0.25) is 0 Å². The van der Waals surface area contributed by atoms with Gasteiger partial charge in [0, 0.05) is 6.20 Å². The van der Waals surface area contributed by atoms with Gasteiger partial charge < -0.3 is 0 Å². The summed E-state index contributed by atoms with van der Waals surface area (Å²) in [6.45, 7) is 5.94. The average Bonchev–Trinajstić information content (AvgIpc) is 3.10. The van der Waals surface area contributed by atoms with Crippen LogP contribution in [0.25, 0.3) is 11.5 Å². The van der Waals surface area contributed by atoms with Crippen molar-refractivity contribution in [3.63, 3.8) is 0 Å². The van der Waals surface area contributed by atoms with E-state index >= 15 is 0 Å². The van der Waals surface area contributed by atoms with Gasteiger partial charge >= 0.3 is 0 Å². The first-order chi connectivity index (χ1) is 9.75. The Bertz CT molecular complexity index is 725. The Labute approximate surface area is 115 Å². The van der Waals surface area contributed by atoms with E-state index in [9.17, 15) is 4.79 Å². The maximum absolute atomic E-state index is 12.2. The van der Waals surface area contributed by atoms with Crippen LogP contribution >= 0.6 is 0 Å². The largest absolute Gasteiger partial charge is 0.298 e. The summed E-state index contributed by atoms with van der Waals surface area (Å²) in [7, 11) is 0. The highest BCUT2D eigenvalue weighted by Gasteiger charge is 2.10. The number of hydrogen-bond acceptors (Lipinski definition) is 4. The van der Waals surface area contributed by atoms with E-state index in [1.165, 1.54) is 15.6 Å². The highest BCUT2D eigenvalue weighted by Crippen LogP contribution is 2.04. The average molecular weight is 272 g/mol. The molecule has 3 heterocycles. The second-order valence-electron chi connectivity index (χ2n) is 3.84. The number of nitrogens with one attached hydrogen (secondary N) is 1. The molecule has 0 unspecified atom stereocenters. The van der Waals surface area contributed by atoms with E-state index in [0.29, 0.717) is 11.5 Å². The highest BCUT2D eigenvalue weighted by molar-refractivity contribution is 5.31. The van der Waals surface area contributed by atoms with Gasteiger partial charge in [-0.15, -0.1) is 5.10 Å².